The summed E-state index contributed by atoms with van der Waals surface area (Å²) in [6.07, 6.45) is -1.88. The molecule has 190 valence electrons. The first-order valence-corrected chi connectivity index (χ1v) is 11.4. The van der Waals surface area contributed by atoms with E-state index in [1.54, 1.807) is 6.07 Å². The fourth-order valence-corrected chi connectivity index (χ4v) is 3.82. The Bertz CT molecular complexity index is 1270. The lowest BCUT2D eigenvalue weighted by Gasteiger charge is -2.25. The lowest BCUT2D eigenvalue weighted by atomic mass is 9.82. The number of halogens is 3. The minimum absolute atomic E-state index is 0.0829. The zero-order valence-electron chi connectivity index (χ0n) is 19.6. The quantitative estimate of drug-likeness (QED) is 0.379. The molecule has 0 unspecified atom stereocenters. The number of carbonyl (C=O) groups excluding carboxylic acids is 2. The number of rotatable bonds is 6. The van der Waals surface area contributed by atoms with Crippen LogP contribution in [-0.2, 0) is 0 Å². The van der Waals surface area contributed by atoms with Gasteiger partial charge in [0.25, 0.3) is 5.91 Å². The number of hydrogen-bond donors (Lipinski definition) is 3. The summed E-state index contributed by atoms with van der Waals surface area (Å²) < 4.78 is 42.2. The van der Waals surface area contributed by atoms with Crippen molar-refractivity contribution in [1.82, 2.24) is 15.1 Å². The number of phenols is 1. The Morgan fingerprint density at radius 3 is 2.39 bits per heavy atom. The fourth-order valence-electron chi connectivity index (χ4n) is 3.82. The number of amides is 2. The zero-order valence-corrected chi connectivity index (χ0v) is 19.6. The lowest BCUT2D eigenvalue weighted by Crippen LogP contribution is -2.36. The first-order chi connectivity index (χ1) is 17.0. The Hall–Kier alpha value is -4.02. The summed E-state index contributed by atoms with van der Waals surface area (Å²) in [5, 5.41) is 20.4. The van der Waals surface area contributed by atoms with E-state index in [4.69, 9.17) is 0 Å². The molecule has 0 radical (unpaired) electrons. The van der Waals surface area contributed by atoms with Crippen molar-refractivity contribution in [2.24, 2.45) is 0 Å². The van der Waals surface area contributed by atoms with E-state index in [0.717, 1.165) is 37.1 Å². The predicted molar refractivity (Wildman–Crippen MR) is 126 cm³/mol. The van der Waals surface area contributed by atoms with Gasteiger partial charge in [-0.1, -0.05) is 6.42 Å². The maximum Gasteiger partial charge on any atom is 0.573 e. The Balaban J connectivity index is 1.57. The Kier molecular flexibility index (Phi) is 6.91. The maximum atomic E-state index is 12.7. The van der Waals surface area contributed by atoms with Crippen molar-refractivity contribution in [3.63, 3.8) is 0 Å². The van der Waals surface area contributed by atoms with Crippen molar-refractivity contribution >= 4 is 17.6 Å². The SMILES string of the molecule is CC(C)NC(=O)n1nc(-c2cc(NC(=O)c3ccc(OC(F)(F)F)cc3)ccc2O)cc1C1CCC1. The summed E-state index contributed by atoms with van der Waals surface area (Å²) in [6.45, 7) is 3.69. The highest BCUT2D eigenvalue weighted by Gasteiger charge is 2.31. The van der Waals surface area contributed by atoms with Crippen LogP contribution in [-0.4, -0.2) is 39.2 Å². The molecule has 3 N–H and O–H groups in total. The summed E-state index contributed by atoms with van der Waals surface area (Å²) in [5.74, 6) is -0.901. The van der Waals surface area contributed by atoms with Crippen LogP contribution in [0.1, 0.15) is 55.1 Å². The smallest absolute Gasteiger partial charge is 0.507 e. The number of nitrogens with zero attached hydrogens (tertiary/aromatic N) is 2. The first kappa shape index (κ1) is 25.1. The van der Waals surface area contributed by atoms with E-state index in [-0.39, 0.29) is 29.3 Å². The van der Waals surface area contributed by atoms with Gasteiger partial charge in [0.1, 0.15) is 11.5 Å². The van der Waals surface area contributed by atoms with Gasteiger partial charge in [0.2, 0.25) is 0 Å². The molecular formula is C25H25F3N4O4. The molecule has 1 aliphatic rings. The second-order valence-electron chi connectivity index (χ2n) is 8.86. The van der Waals surface area contributed by atoms with Crippen molar-refractivity contribution in [2.45, 2.75) is 51.4 Å². The number of ether oxygens (including phenoxy) is 1. The molecular weight excluding hydrogens is 477 g/mol. The van der Waals surface area contributed by atoms with E-state index in [1.165, 1.54) is 35.0 Å². The molecule has 8 nitrogen and oxygen atoms in total. The molecule has 3 aromatic rings. The second kappa shape index (κ2) is 9.92. The van der Waals surface area contributed by atoms with Crippen LogP contribution in [0.4, 0.5) is 23.7 Å². The van der Waals surface area contributed by atoms with E-state index < -0.39 is 18.0 Å². The van der Waals surface area contributed by atoms with E-state index >= 15 is 0 Å². The molecule has 11 heteroatoms. The van der Waals surface area contributed by atoms with Gasteiger partial charge in [-0.2, -0.15) is 9.78 Å². The van der Waals surface area contributed by atoms with Gasteiger partial charge in [-0.05, 0) is 75.2 Å². The minimum atomic E-state index is -4.83. The molecule has 4 rings (SSSR count). The molecule has 1 aromatic heterocycles. The van der Waals surface area contributed by atoms with Gasteiger partial charge < -0.3 is 20.5 Å². The van der Waals surface area contributed by atoms with Crippen LogP contribution in [0.5, 0.6) is 11.5 Å². The topological polar surface area (TPSA) is 105 Å². The second-order valence-corrected chi connectivity index (χ2v) is 8.86. The Morgan fingerprint density at radius 1 is 1.11 bits per heavy atom. The number of phenolic OH excluding ortho intramolecular Hbond substituents is 1. The maximum absolute atomic E-state index is 12.7. The summed E-state index contributed by atoms with van der Waals surface area (Å²) in [7, 11) is 0. The molecule has 0 aliphatic heterocycles. The Labute approximate surface area is 205 Å². The summed E-state index contributed by atoms with van der Waals surface area (Å²) in [6, 6.07) is 10.2. The molecule has 0 bridgehead atoms. The van der Waals surface area contributed by atoms with E-state index in [0.29, 0.717) is 16.9 Å². The standard InChI is InChI=1S/C25H25F3N4O4/c1-14(2)29-24(35)32-21(15-4-3-5-15)13-20(31-32)19-12-17(8-11-22(19)33)30-23(34)16-6-9-18(10-7-16)36-25(26,27)28/h6-15,33H,3-5H2,1-2H3,(H,29,35)(H,30,34). The number of aromatic nitrogens is 2. The minimum Gasteiger partial charge on any atom is -0.507 e. The van der Waals surface area contributed by atoms with Crippen LogP contribution in [0, 0.1) is 0 Å². The number of hydrogen-bond acceptors (Lipinski definition) is 5. The molecule has 1 aliphatic carbocycles. The van der Waals surface area contributed by atoms with Crippen molar-refractivity contribution in [3.8, 4) is 22.8 Å². The highest BCUT2D eigenvalue weighted by Crippen LogP contribution is 2.39. The summed E-state index contributed by atoms with van der Waals surface area (Å²) >= 11 is 0. The average molecular weight is 502 g/mol. The monoisotopic (exact) mass is 502 g/mol. The van der Waals surface area contributed by atoms with Gasteiger partial charge >= 0.3 is 12.4 Å². The van der Waals surface area contributed by atoms with Gasteiger partial charge in [0.05, 0.1) is 11.4 Å². The third-order valence-electron chi connectivity index (χ3n) is 5.75. The number of nitrogens with one attached hydrogen (secondary N) is 2. The van der Waals surface area contributed by atoms with Crippen molar-refractivity contribution in [2.75, 3.05) is 5.32 Å². The van der Waals surface area contributed by atoms with Crippen LogP contribution in [0.25, 0.3) is 11.3 Å². The molecule has 0 saturated heterocycles. The molecule has 0 atom stereocenters. The molecule has 2 amide bonds. The van der Waals surface area contributed by atoms with Crippen LogP contribution >= 0.6 is 0 Å². The lowest BCUT2D eigenvalue weighted by molar-refractivity contribution is -0.274. The summed E-state index contributed by atoms with van der Waals surface area (Å²) in [4.78, 5) is 25.3. The van der Waals surface area contributed by atoms with Gasteiger partial charge in [-0.15, -0.1) is 13.2 Å². The van der Waals surface area contributed by atoms with E-state index in [2.05, 4.69) is 20.5 Å². The molecule has 0 spiro atoms. The largest absolute Gasteiger partial charge is 0.573 e. The predicted octanol–water partition coefficient (Wildman–Crippen LogP) is 5.64. The molecule has 36 heavy (non-hydrogen) atoms. The molecule has 1 saturated carbocycles. The van der Waals surface area contributed by atoms with Gasteiger partial charge in [0, 0.05) is 28.8 Å². The fraction of sp³-hybridized carbons (Fsp3) is 0.320. The van der Waals surface area contributed by atoms with Gasteiger partial charge in [-0.3, -0.25) is 4.79 Å². The third kappa shape index (κ3) is 5.78. The van der Waals surface area contributed by atoms with Crippen molar-refractivity contribution in [3.05, 3.63) is 59.8 Å². The van der Waals surface area contributed by atoms with Crippen LogP contribution in [0.3, 0.4) is 0 Å². The number of carbonyl (C=O) groups is 2. The zero-order chi connectivity index (χ0) is 26.0. The molecule has 1 fully saturated rings. The van der Waals surface area contributed by atoms with Gasteiger partial charge in [-0.25, -0.2) is 4.79 Å². The number of aromatic hydroxyl groups is 1. The number of benzene rings is 2. The van der Waals surface area contributed by atoms with Crippen LogP contribution in [0.2, 0.25) is 0 Å². The van der Waals surface area contributed by atoms with Crippen LogP contribution < -0.4 is 15.4 Å². The molecule has 2 aromatic carbocycles. The summed E-state index contributed by atoms with van der Waals surface area (Å²) in [5.41, 5.74) is 1.89. The van der Waals surface area contributed by atoms with E-state index in [9.17, 15) is 27.9 Å². The highest BCUT2D eigenvalue weighted by atomic mass is 19.4. The first-order valence-electron chi connectivity index (χ1n) is 11.4. The number of alkyl halides is 3. The van der Waals surface area contributed by atoms with Crippen molar-refractivity contribution < 1.29 is 32.6 Å². The van der Waals surface area contributed by atoms with Crippen molar-refractivity contribution in [1.29, 1.82) is 0 Å². The Morgan fingerprint density at radius 2 is 1.81 bits per heavy atom. The molecule has 1 heterocycles. The van der Waals surface area contributed by atoms with Gasteiger partial charge in [0.15, 0.2) is 0 Å². The van der Waals surface area contributed by atoms with E-state index in [1.807, 2.05) is 13.8 Å². The van der Waals surface area contributed by atoms with Crippen LogP contribution in [0.15, 0.2) is 48.5 Å². The highest BCUT2D eigenvalue weighted by molar-refractivity contribution is 6.04. The average Bonchev–Trinajstić information content (AvgIpc) is 3.17. The normalized spacial score (nSPS) is 13.8. The third-order valence-corrected chi connectivity index (χ3v) is 5.75. The number of anilines is 1.